The van der Waals surface area contributed by atoms with Crippen molar-refractivity contribution in [3.05, 3.63) is 39.3 Å². The largest absolute Gasteiger partial charge is 0.337 e. The van der Waals surface area contributed by atoms with Crippen LogP contribution in [0.5, 0.6) is 0 Å². The molecular weight excluding hydrogens is 300 g/mol. The fraction of sp³-hybridized carbons (Fsp3) is 0.467. The Bertz CT molecular complexity index is 847. The summed E-state index contributed by atoms with van der Waals surface area (Å²) in [5.41, 5.74) is -0.0652. The zero-order chi connectivity index (χ0) is 15.7. The molecule has 0 aliphatic heterocycles. The van der Waals surface area contributed by atoms with Crippen molar-refractivity contribution < 1.29 is 4.52 Å². The highest BCUT2D eigenvalue weighted by atomic mass is 32.1. The van der Waals surface area contributed by atoms with Crippen LogP contribution in [0.15, 0.2) is 21.7 Å². The van der Waals surface area contributed by atoms with Gasteiger partial charge in [0, 0.05) is 11.3 Å². The number of aryl methyl sites for hydroxylation is 1. The van der Waals surface area contributed by atoms with Crippen LogP contribution in [0, 0.1) is 5.92 Å². The van der Waals surface area contributed by atoms with E-state index < -0.39 is 0 Å². The summed E-state index contributed by atoms with van der Waals surface area (Å²) < 4.78 is 6.73. The molecule has 0 aromatic carbocycles. The first kappa shape index (κ1) is 14.9. The number of hydrogen-bond donors (Lipinski definition) is 0. The maximum absolute atomic E-state index is 12.5. The summed E-state index contributed by atoms with van der Waals surface area (Å²) in [5.74, 6) is 1.57. The van der Waals surface area contributed by atoms with Gasteiger partial charge in [-0.1, -0.05) is 25.9 Å². The minimum absolute atomic E-state index is 0.0652. The van der Waals surface area contributed by atoms with Gasteiger partial charge in [0.1, 0.15) is 11.4 Å². The lowest BCUT2D eigenvalue weighted by Crippen LogP contribution is -2.20. The third-order valence-corrected chi connectivity index (χ3v) is 4.51. The molecule has 0 saturated heterocycles. The van der Waals surface area contributed by atoms with Crippen LogP contribution in [-0.2, 0) is 19.4 Å². The van der Waals surface area contributed by atoms with E-state index >= 15 is 0 Å². The predicted octanol–water partition coefficient (Wildman–Crippen LogP) is 2.65. The molecule has 0 spiro atoms. The number of fused-ring (bicyclic) bond motifs is 1. The molecule has 0 bridgehead atoms. The molecule has 3 aromatic rings. The van der Waals surface area contributed by atoms with Crippen LogP contribution < -0.4 is 5.56 Å². The molecule has 3 heterocycles. The smallest absolute Gasteiger partial charge is 0.262 e. The second-order valence-corrected chi connectivity index (χ2v) is 6.78. The standard InChI is InChI=1S/C15H18N4O2S/c1-4-10-6-11-14(22-10)16-8-19(15(11)20)7-13-17-12(18-21-13)5-9(2)3/h6,8-9H,4-5,7H2,1-3H3. The molecule has 0 N–H and O–H groups in total. The van der Waals surface area contributed by atoms with Gasteiger partial charge < -0.3 is 4.52 Å². The van der Waals surface area contributed by atoms with Crippen molar-refractivity contribution in [1.82, 2.24) is 19.7 Å². The topological polar surface area (TPSA) is 73.8 Å². The summed E-state index contributed by atoms with van der Waals surface area (Å²) in [6.45, 7) is 6.52. The molecule has 0 aliphatic carbocycles. The van der Waals surface area contributed by atoms with E-state index in [4.69, 9.17) is 4.52 Å². The van der Waals surface area contributed by atoms with Gasteiger partial charge in [-0.3, -0.25) is 9.36 Å². The zero-order valence-corrected chi connectivity index (χ0v) is 13.7. The average molecular weight is 318 g/mol. The van der Waals surface area contributed by atoms with Gasteiger partial charge in [-0.05, 0) is 18.4 Å². The van der Waals surface area contributed by atoms with E-state index in [0.29, 0.717) is 23.0 Å². The van der Waals surface area contributed by atoms with Gasteiger partial charge in [0.15, 0.2) is 5.82 Å². The molecule has 0 fully saturated rings. The van der Waals surface area contributed by atoms with Crippen molar-refractivity contribution in [1.29, 1.82) is 0 Å². The highest BCUT2D eigenvalue weighted by Crippen LogP contribution is 2.21. The van der Waals surface area contributed by atoms with E-state index in [9.17, 15) is 4.79 Å². The zero-order valence-electron chi connectivity index (χ0n) is 12.9. The molecular formula is C15H18N4O2S. The second-order valence-electron chi connectivity index (χ2n) is 5.67. The monoisotopic (exact) mass is 318 g/mol. The number of rotatable bonds is 5. The molecule has 0 amide bonds. The summed E-state index contributed by atoms with van der Waals surface area (Å²) >= 11 is 1.56. The van der Waals surface area contributed by atoms with Gasteiger partial charge in [-0.25, -0.2) is 4.98 Å². The maximum atomic E-state index is 12.5. The van der Waals surface area contributed by atoms with E-state index in [-0.39, 0.29) is 12.1 Å². The lowest BCUT2D eigenvalue weighted by atomic mass is 10.1. The van der Waals surface area contributed by atoms with Crippen LogP contribution in [0.25, 0.3) is 10.2 Å². The SMILES string of the molecule is CCc1cc2c(=O)n(Cc3nc(CC(C)C)no3)cnc2s1. The lowest BCUT2D eigenvalue weighted by molar-refractivity contribution is 0.362. The molecule has 6 nitrogen and oxygen atoms in total. The van der Waals surface area contributed by atoms with Crippen LogP contribution in [0.1, 0.15) is 37.4 Å². The Morgan fingerprint density at radius 3 is 2.95 bits per heavy atom. The fourth-order valence-electron chi connectivity index (χ4n) is 2.24. The maximum Gasteiger partial charge on any atom is 0.262 e. The molecule has 0 unspecified atom stereocenters. The Labute approximate surface area is 131 Å². The van der Waals surface area contributed by atoms with Crippen molar-refractivity contribution in [3.8, 4) is 0 Å². The third-order valence-electron chi connectivity index (χ3n) is 3.32. The lowest BCUT2D eigenvalue weighted by Gasteiger charge is -2.00. The van der Waals surface area contributed by atoms with Crippen molar-refractivity contribution in [2.75, 3.05) is 0 Å². The molecule has 0 aliphatic rings. The Morgan fingerprint density at radius 1 is 1.41 bits per heavy atom. The summed E-state index contributed by atoms with van der Waals surface area (Å²) in [7, 11) is 0. The molecule has 3 aromatic heterocycles. The average Bonchev–Trinajstić information content (AvgIpc) is 3.08. The minimum atomic E-state index is -0.0652. The number of aromatic nitrogens is 4. The Kier molecular flexibility index (Phi) is 4.06. The highest BCUT2D eigenvalue weighted by Gasteiger charge is 2.12. The van der Waals surface area contributed by atoms with Gasteiger partial charge in [0.05, 0.1) is 11.7 Å². The summed E-state index contributed by atoms with van der Waals surface area (Å²) in [6.07, 6.45) is 3.22. The van der Waals surface area contributed by atoms with Crippen molar-refractivity contribution >= 4 is 21.6 Å². The van der Waals surface area contributed by atoms with E-state index in [2.05, 4.69) is 35.9 Å². The first-order chi connectivity index (χ1) is 10.6. The molecule has 22 heavy (non-hydrogen) atoms. The van der Waals surface area contributed by atoms with Crippen molar-refractivity contribution in [3.63, 3.8) is 0 Å². The molecule has 0 radical (unpaired) electrons. The van der Waals surface area contributed by atoms with Crippen molar-refractivity contribution in [2.45, 2.75) is 40.2 Å². The van der Waals surface area contributed by atoms with Crippen LogP contribution in [-0.4, -0.2) is 19.7 Å². The first-order valence-electron chi connectivity index (χ1n) is 7.36. The Hall–Kier alpha value is -2.02. The van der Waals surface area contributed by atoms with Crippen LogP contribution in [0.3, 0.4) is 0 Å². The Morgan fingerprint density at radius 2 is 2.23 bits per heavy atom. The molecule has 0 saturated carbocycles. The molecule has 7 heteroatoms. The van der Waals surface area contributed by atoms with Crippen LogP contribution in [0.2, 0.25) is 0 Å². The summed E-state index contributed by atoms with van der Waals surface area (Å²) in [5, 5.41) is 4.60. The van der Waals surface area contributed by atoms with Gasteiger partial charge in [0.2, 0.25) is 5.89 Å². The van der Waals surface area contributed by atoms with E-state index in [0.717, 1.165) is 22.5 Å². The number of hydrogen-bond acceptors (Lipinski definition) is 6. The van der Waals surface area contributed by atoms with E-state index in [1.807, 2.05) is 6.07 Å². The molecule has 0 atom stereocenters. The van der Waals surface area contributed by atoms with Crippen molar-refractivity contribution in [2.24, 2.45) is 5.92 Å². The number of nitrogens with zero attached hydrogens (tertiary/aromatic N) is 4. The fourth-order valence-corrected chi connectivity index (χ4v) is 3.17. The van der Waals surface area contributed by atoms with E-state index in [1.165, 1.54) is 4.57 Å². The van der Waals surface area contributed by atoms with Crippen LogP contribution >= 0.6 is 11.3 Å². The van der Waals surface area contributed by atoms with Gasteiger partial charge >= 0.3 is 0 Å². The van der Waals surface area contributed by atoms with Gasteiger partial charge in [-0.15, -0.1) is 11.3 Å². The second kappa shape index (κ2) is 6.00. The summed E-state index contributed by atoms with van der Waals surface area (Å²) in [4.78, 5) is 23.1. The number of thiophene rings is 1. The third kappa shape index (κ3) is 2.94. The predicted molar refractivity (Wildman–Crippen MR) is 85.2 cm³/mol. The van der Waals surface area contributed by atoms with E-state index in [1.54, 1.807) is 17.7 Å². The molecule has 3 rings (SSSR count). The van der Waals surface area contributed by atoms with Gasteiger partial charge in [0.25, 0.3) is 5.56 Å². The van der Waals surface area contributed by atoms with Crippen LogP contribution in [0.4, 0.5) is 0 Å². The Balaban J connectivity index is 1.89. The quantitative estimate of drug-likeness (QED) is 0.723. The highest BCUT2D eigenvalue weighted by molar-refractivity contribution is 7.18. The first-order valence-corrected chi connectivity index (χ1v) is 8.17. The normalized spacial score (nSPS) is 11.6. The molecule has 116 valence electrons. The minimum Gasteiger partial charge on any atom is -0.337 e. The van der Waals surface area contributed by atoms with Gasteiger partial charge in [-0.2, -0.15) is 4.98 Å². The summed E-state index contributed by atoms with van der Waals surface area (Å²) in [6, 6.07) is 1.92.